The predicted octanol–water partition coefficient (Wildman–Crippen LogP) is 1.97. The highest BCUT2D eigenvalue weighted by molar-refractivity contribution is 9.10. The second-order valence-corrected chi connectivity index (χ2v) is 5.38. The molecule has 0 spiro atoms. The first kappa shape index (κ1) is 12.1. The molecule has 1 aliphatic heterocycles. The first-order valence-corrected chi connectivity index (χ1v) is 7.04. The third-order valence-electron chi connectivity index (χ3n) is 3.27. The van der Waals surface area contributed by atoms with Gasteiger partial charge in [-0.15, -0.1) is 0 Å². The molecule has 5 heteroatoms. The lowest BCUT2D eigenvalue weighted by molar-refractivity contribution is 0.0383. The van der Waals surface area contributed by atoms with Crippen LogP contribution in [-0.4, -0.2) is 47.1 Å². The molecular formula is C13H16BrN3O. The van der Waals surface area contributed by atoms with Crippen LogP contribution in [0, 0.1) is 0 Å². The van der Waals surface area contributed by atoms with Gasteiger partial charge in [0.2, 0.25) is 0 Å². The van der Waals surface area contributed by atoms with Crippen molar-refractivity contribution in [3.63, 3.8) is 0 Å². The van der Waals surface area contributed by atoms with Crippen molar-refractivity contribution in [3.8, 4) is 0 Å². The molecule has 0 unspecified atom stereocenters. The van der Waals surface area contributed by atoms with Crippen LogP contribution in [0.3, 0.4) is 0 Å². The minimum Gasteiger partial charge on any atom is -0.379 e. The van der Waals surface area contributed by atoms with Gasteiger partial charge in [0, 0.05) is 38.4 Å². The van der Waals surface area contributed by atoms with Crippen LogP contribution >= 0.6 is 15.9 Å². The maximum absolute atomic E-state index is 5.35. The molecule has 2 aromatic rings. The van der Waals surface area contributed by atoms with Gasteiger partial charge in [-0.05, 0) is 28.1 Å². The Labute approximate surface area is 115 Å². The van der Waals surface area contributed by atoms with Gasteiger partial charge in [0.25, 0.3) is 0 Å². The fourth-order valence-corrected chi connectivity index (χ4v) is 2.69. The van der Waals surface area contributed by atoms with Gasteiger partial charge in [-0.2, -0.15) is 0 Å². The van der Waals surface area contributed by atoms with Gasteiger partial charge in [0.15, 0.2) is 5.65 Å². The highest BCUT2D eigenvalue weighted by atomic mass is 79.9. The number of aromatic nitrogens is 2. The van der Waals surface area contributed by atoms with Crippen molar-refractivity contribution in [1.82, 2.24) is 14.3 Å². The largest absolute Gasteiger partial charge is 0.379 e. The second-order valence-electron chi connectivity index (χ2n) is 4.52. The molecule has 0 aliphatic carbocycles. The van der Waals surface area contributed by atoms with Crippen LogP contribution in [0.5, 0.6) is 0 Å². The molecule has 2 aromatic heterocycles. The van der Waals surface area contributed by atoms with E-state index in [1.165, 1.54) is 0 Å². The average Bonchev–Trinajstić information content (AvgIpc) is 2.82. The molecule has 1 aliphatic rings. The summed E-state index contributed by atoms with van der Waals surface area (Å²) in [7, 11) is 0. The van der Waals surface area contributed by atoms with E-state index in [9.17, 15) is 0 Å². The maximum Gasteiger partial charge on any atom is 0.151 e. The molecule has 4 nitrogen and oxygen atoms in total. The number of imidazole rings is 1. The van der Waals surface area contributed by atoms with Gasteiger partial charge in [0.1, 0.15) is 0 Å². The Morgan fingerprint density at radius 1 is 1.33 bits per heavy atom. The first-order chi connectivity index (χ1) is 8.83. The van der Waals surface area contributed by atoms with E-state index in [1.54, 1.807) is 0 Å². The van der Waals surface area contributed by atoms with Crippen molar-refractivity contribution in [2.75, 3.05) is 32.8 Å². The Kier molecular flexibility index (Phi) is 3.63. The smallest absolute Gasteiger partial charge is 0.151 e. The van der Waals surface area contributed by atoms with Crippen molar-refractivity contribution < 1.29 is 4.74 Å². The van der Waals surface area contributed by atoms with E-state index in [1.807, 2.05) is 18.3 Å². The number of hydrogen-bond acceptors (Lipinski definition) is 3. The van der Waals surface area contributed by atoms with Crippen LogP contribution < -0.4 is 0 Å². The molecule has 3 heterocycles. The maximum atomic E-state index is 5.35. The summed E-state index contributed by atoms with van der Waals surface area (Å²) < 4.78 is 8.46. The van der Waals surface area contributed by atoms with Crippen molar-refractivity contribution in [3.05, 3.63) is 34.7 Å². The summed E-state index contributed by atoms with van der Waals surface area (Å²) in [6.45, 7) is 4.85. The lowest BCUT2D eigenvalue weighted by Crippen LogP contribution is -2.37. The summed E-state index contributed by atoms with van der Waals surface area (Å²) in [5.41, 5.74) is 2.14. The fourth-order valence-electron chi connectivity index (χ4n) is 2.25. The zero-order valence-corrected chi connectivity index (χ0v) is 11.8. The molecule has 0 bridgehead atoms. The van der Waals surface area contributed by atoms with Gasteiger partial charge in [-0.25, -0.2) is 4.98 Å². The topological polar surface area (TPSA) is 29.8 Å². The lowest BCUT2D eigenvalue weighted by atomic mass is 10.3. The zero-order valence-electron chi connectivity index (χ0n) is 10.2. The molecule has 0 saturated carbocycles. The number of hydrogen-bond donors (Lipinski definition) is 0. The molecule has 18 heavy (non-hydrogen) atoms. The van der Waals surface area contributed by atoms with E-state index in [0.717, 1.165) is 55.1 Å². The van der Waals surface area contributed by atoms with Crippen molar-refractivity contribution in [1.29, 1.82) is 0 Å². The molecule has 0 radical (unpaired) electrons. The number of rotatable bonds is 3. The molecule has 0 aromatic carbocycles. The molecule has 0 atom stereocenters. The minimum atomic E-state index is 0.858. The number of morpholine rings is 1. The summed E-state index contributed by atoms with van der Waals surface area (Å²) in [5, 5.41) is 0. The SMILES string of the molecule is Brc1cccn2cc(CCN3CCOCC3)nc12. The summed E-state index contributed by atoms with van der Waals surface area (Å²) in [6.07, 6.45) is 5.14. The standard InChI is InChI=1S/C13H16BrN3O/c14-12-2-1-4-17-10-11(15-13(12)17)3-5-16-6-8-18-9-7-16/h1-2,4,10H,3,5-9H2. The number of fused-ring (bicyclic) bond motifs is 1. The first-order valence-electron chi connectivity index (χ1n) is 6.25. The Bertz CT molecular complexity index is 534. The van der Waals surface area contributed by atoms with Crippen molar-refractivity contribution >= 4 is 21.6 Å². The predicted molar refractivity (Wildman–Crippen MR) is 73.9 cm³/mol. The normalized spacial score (nSPS) is 17.4. The quantitative estimate of drug-likeness (QED) is 0.868. The van der Waals surface area contributed by atoms with Gasteiger partial charge in [-0.3, -0.25) is 4.90 Å². The highest BCUT2D eigenvalue weighted by Gasteiger charge is 2.11. The van der Waals surface area contributed by atoms with E-state index in [-0.39, 0.29) is 0 Å². The molecule has 3 rings (SSSR count). The molecule has 1 fully saturated rings. The molecule has 96 valence electrons. The minimum absolute atomic E-state index is 0.858. The number of ether oxygens (including phenoxy) is 1. The summed E-state index contributed by atoms with van der Waals surface area (Å²) in [6, 6.07) is 4.04. The van der Waals surface area contributed by atoms with Crippen LogP contribution in [0.4, 0.5) is 0 Å². The fraction of sp³-hybridized carbons (Fsp3) is 0.462. The Morgan fingerprint density at radius 2 is 2.17 bits per heavy atom. The molecule has 0 N–H and O–H groups in total. The molecular weight excluding hydrogens is 294 g/mol. The van der Waals surface area contributed by atoms with Gasteiger partial charge < -0.3 is 9.14 Å². The van der Waals surface area contributed by atoms with Crippen molar-refractivity contribution in [2.24, 2.45) is 0 Å². The summed E-state index contributed by atoms with van der Waals surface area (Å²) in [4.78, 5) is 7.09. The summed E-state index contributed by atoms with van der Waals surface area (Å²) >= 11 is 3.53. The average molecular weight is 310 g/mol. The Morgan fingerprint density at radius 3 is 2.94 bits per heavy atom. The van der Waals surface area contributed by atoms with Crippen LogP contribution in [0.1, 0.15) is 5.69 Å². The van der Waals surface area contributed by atoms with Gasteiger partial charge in [0.05, 0.1) is 23.4 Å². The van der Waals surface area contributed by atoms with Gasteiger partial charge >= 0.3 is 0 Å². The van der Waals surface area contributed by atoms with E-state index in [4.69, 9.17) is 4.74 Å². The van der Waals surface area contributed by atoms with E-state index in [2.05, 4.69) is 36.4 Å². The van der Waals surface area contributed by atoms with E-state index < -0.39 is 0 Å². The molecule has 0 amide bonds. The lowest BCUT2D eigenvalue weighted by Gasteiger charge is -2.26. The van der Waals surface area contributed by atoms with Gasteiger partial charge in [-0.1, -0.05) is 0 Å². The third-order valence-corrected chi connectivity index (χ3v) is 3.89. The Hall–Kier alpha value is -0.910. The second kappa shape index (κ2) is 5.38. The Balaban J connectivity index is 1.69. The van der Waals surface area contributed by atoms with Crippen LogP contribution in [0.25, 0.3) is 5.65 Å². The summed E-state index contributed by atoms with van der Waals surface area (Å²) in [5.74, 6) is 0. The number of nitrogens with zero attached hydrogens (tertiary/aromatic N) is 3. The number of pyridine rings is 1. The zero-order chi connectivity index (χ0) is 12.4. The van der Waals surface area contributed by atoms with Crippen LogP contribution in [-0.2, 0) is 11.2 Å². The van der Waals surface area contributed by atoms with E-state index >= 15 is 0 Å². The van der Waals surface area contributed by atoms with E-state index in [0.29, 0.717) is 0 Å². The molecule has 1 saturated heterocycles. The highest BCUT2D eigenvalue weighted by Crippen LogP contribution is 2.17. The monoisotopic (exact) mass is 309 g/mol. The van der Waals surface area contributed by atoms with Crippen molar-refractivity contribution in [2.45, 2.75) is 6.42 Å². The van der Waals surface area contributed by atoms with Crippen LogP contribution in [0.15, 0.2) is 29.0 Å². The third kappa shape index (κ3) is 2.58. The van der Waals surface area contributed by atoms with Crippen LogP contribution in [0.2, 0.25) is 0 Å². The number of halogens is 1.